The molecule has 0 radical (unpaired) electrons. The van der Waals surface area contributed by atoms with Gasteiger partial charge in [-0.15, -0.1) is 11.3 Å². The van der Waals surface area contributed by atoms with E-state index < -0.39 is 0 Å². The molecule has 7 heteroatoms. The average Bonchev–Trinajstić information content (AvgIpc) is 3.21. The number of furan rings is 1. The molecule has 3 aromatic rings. The van der Waals surface area contributed by atoms with Crippen LogP contribution in [0.2, 0.25) is 10.0 Å². The smallest absolute Gasteiger partial charge is 0.195 e. The fourth-order valence-electron chi connectivity index (χ4n) is 2.01. The molecule has 0 amide bonds. The van der Waals surface area contributed by atoms with Crippen molar-refractivity contribution in [2.45, 2.75) is 6.61 Å². The van der Waals surface area contributed by atoms with E-state index in [0.29, 0.717) is 32.2 Å². The number of ketones is 1. The highest BCUT2D eigenvalue weighted by molar-refractivity contribution is 9.10. The maximum atomic E-state index is 12.0. The fraction of sp³-hybridized carbons (Fsp3) is 0.0556. The van der Waals surface area contributed by atoms with Crippen LogP contribution in [0.5, 0.6) is 5.75 Å². The predicted molar refractivity (Wildman–Crippen MR) is 105 cm³/mol. The first-order valence-corrected chi connectivity index (χ1v) is 9.58. The molecule has 0 unspecified atom stereocenters. The average molecular weight is 458 g/mol. The number of halogens is 3. The third-order valence-corrected chi connectivity index (χ3v) is 5.47. The molecule has 0 saturated heterocycles. The monoisotopic (exact) mass is 456 g/mol. The molecular formula is C18H11BrCl2O3S. The van der Waals surface area contributed by atoms with Crippen molar-refractivity contribution in [1.29, 1.82) is 0 Å². The van der Waals surface area contributed by atoms with E-state index >= 15 is 0 Å². The van der Waals surface area contributed by atoms with Crippen molar-refractivity contribution in [3.63, 3.8) is 0 Å². The number of allylic oxidation sites excluding steroid dienone is 1. The lowest BCUT2D eigenvalue weighted by molar-refractivity contribution is 0.105. The van der Waals surface area contributed by atoms with E-state index in [-0.39, 0.29) is 12.4 Å². The molecule has 0 aliphatic rings. The molecule has 0 spiro atoms. The lowest BCUT2D eigenvalue weighted by atomic mass is 10.3. The van der Waals surface area contributed by atoms with Gasteiger partial charge in [0.25, 0.3) is 0 Å². The maximum absolute atomic E-state index is 12.0. The molecule has 0 N–H and O–H groups in total. The van der Waals surface area contributed by atoms with E-state index in [1.54, 1.807) is 42.5 Å². The third-order valence-electron chi connectivity index (χ3n) is 3.17. The van der Waals surface area contributed by atoms with Crippen LogP contribution in [0, 0.1) is 0 Å². The second-order valence-electron chi connectivity index (χ2n) is 4.97. The zero-order valence-electron chi connectivity index (χ0n) is 12.7. The summed E-state index contributed by atoms with van der Waals surface area (Å²) in [4.78, 5) is 12.7. The summed E-state index contributed by atoms with van der Waals surface area (Å²) in [7, 11) is 0. The highest BCUT2D eigenvalue weighted by Crippen LogP contribution is 2.33. The minimum absolute atomic E-state index is 0.0762. The van der Waals surface area contributed by atoms with Gasteiger partial charge in [0.05, 0.1) is 14.9 Å². The normalized spacial score (nSPS) is 11.2. The minimum Gasteiger partial charge on any atom is -0.483 e. The lowest BCUT2D eigenvalue weighted by Crippen LogP contribution is -1.95. The molecule has 25 heavy (non-hydrogen) atoms. The standard InChI is InChI=1S/C18H11BrCl2O3S/c19-11-8-17(25-10-11)16(22)7-6-12-4-5-13(24-12)9-23-18-14(20)2-1-3-15(18)21/h1-8,10H,9H2/b7-6+. The van der Waals surface area contributed by atoms with E-state index in [1.807, 2.05) is 5.38 Å². The maximum Gasteiger partial charge on any atom is 0.195 e. The Hall–Kier alpha value is -1.53. The zero-order chi connectivity index (χ0) is 17.8. The van der Waals surface area contributed by atoms with Gasteiger partial charge in [0.2, 0.25) is 0 Å². The Morgan fingerprint density at radius 2 is 2.00 bits per heavy atom. The number of benzene rings is 1. The molecule has 3 rings (SSSR count). The quantitative estimate of drug-likeness (QED) is 0.299. The first-order valence-electron chi connectivity index (χ1n) is 7.15. The highest BCUT2D eigenvalue weighted by Gasteiger charge is 2.09. The molecule has 0 bridgehead atoms. The van der Waals surface area contributed by atoms with Crippen LogP contribution >= 0.6 is 50.5 Å². The van der Waals surface area contributed by atoms with Gasteiger partial charge in [-0.05, 0) is 58.4 Å². The van der Waals surface area contributed by atoms with Crippen molar-refractivity contribution in [3.8, 4) is 5.75 Å². The predicted octanol–water partition coefficient (Wildman–Crippen LogP) is 6.89. The van der Waals surface area contributed by atoms with Crippen molar-refractivity contribution in [2.24, 2.45) is 0 Å². The minimum atomic E-state index is -0.0762. The Labute approximate surface area is 166 Å². The number of carbonyl (C=O) groups is 1. The summed E-state index contributed by atoms with van der Waals surface area (Å²) in [6.07, 6.45) is 3.11. The van der Waals surface area contributed by atoms with E-state index in [2.05, 4.69) is 15.9 Å². The molecule has 0 aliphatic heterocycles. The fourth-order valence-corrected chi connectivity index (χ4v) is 3.86. The van der Waals surface area contributed by atoms with Crippen molar-refractivity contribution >= 4 is 62.3 Å². The topological polar surface area (TPSA) is 39.4 Å². The number of para-hydroxylation sites is 1. The molecule has 2 aromatic heterocycles. The van der Waals surface area contributed by atoms with Gasteiger partial charge in [-0.1, -0.05) is 29.3 Å². The second-order valence-corrected chi connectivity index (χ2v) is 7.61. The Bertz CT molecular complexity index is 910. The zero-order valence-corrected chi connectivity index (χ0v) is 16.6. The summed E-state index contributed by atoms with van der Waals surface area (Å²) < 4.78 is 12.1. The van der Waals surface area contributed by atoms with Crippen LogP contribution in [-0.2, 0) is 6.61 Å². The van der Waals surface area contributed by atoms with Crippen molar-refractivity contribution in [2.75, 3.05) is 0 Å². The number of hydrogen-bond donors (Lipinski definition) is 0. The van der Waals surface area contributed by atoms with Gasteiger partial charge in [0.15, 0.2) is 11.5 Å². The number of ether oxygens (including phenoxy) is 1. The van der Waals surface area contributed by atoms with Crippen LogP contribution in [0.4, 0.5) is 0 Å². The molecule has 0 aliphatic carbocycles. The van der Waals surface area contributed by atoms with Crippen molar-refractivity contribution in [1.82, 2.24) is 0 Å². The molecule has 0 atom stereocenters. The van der Waals surface area contributed by atoms with Crippen LogP contribution in [-0.4, -0.2) is 5.78 Å². The number of carbonyl (C=O) groups excluding carboxylic acids is 1. The molecule has 0 fully saturated rings. The molecule has 128 valence electrons. The second kappa shape index (κ2) is 8.23. The molecular weight excluding hydrogens is 447 g/mol. The van der Waals surface area contributed by atoms with Gasteiger partial charge in [-0.3, -0.25) is 4.79 Å². The number of thiophene rings is 1. The summed E-state index contributed by atoms with van der Waals surface area (Å²) in [5.41, 5.74) is 0. The SMILES string of the molecule is O=C(/C=C/c1ccc(COc2c(Cl)cccc2Cl)o1)c1cc(Br)cs1. The van der Waals surface area contributed by atoms with Crippen LogP contribution < -0.4 is 4.74 Å². The van der Waals surface area contributed by atoms with Gasteiger partial charge in [-0.25, -0.2) is 0 Å². The van der Waals surface area contributed by atoms with Gasteiger partial charge in [0, 0.05) is 9.85 Å². The number of rotatable bonds is 6. The Kier molecular flexibility index (Phi) is 6.02. The van der Waals surface area contributed by atoms with E-state index in [0.717, 1.165) is 4.47 Å². The third kappa shape index (κ3) is 4.76. The molecule has 1 aromatic carbocycles. The van der Waals surface area contributed by atoms with Crippen LogP contribution in [0.25, 0.3) is 6.08 Å². The highest BCUT2D eigenvalue weighted by atomic mass is 79.9. The van der Waals surface area contributed by atoms with Gasteiger partial charge >= 0.3 is 0 Å². The van der Waals surface area contributed by atoms with Crippen LogP contribution in [0.3, 0.4) is 0 Å². The Morgan fingerprint density at radius 3 is 2.68 bits per heavy atom. The van der Waals surface area contributed by atoms with E-state index in [1.165, 1.54) is 17.4 Å². The van der Waals surface area contributed by atoms with Gasteiger partial charge < -0.3 is 9.15 Å². The Morgan fingerprint density at radius 1 is 1.24 bits per heavy atom. The first kappa shape index (κ1) is 18.3. The molecule has 0 saturated carbocycles. The summed E-state index contributed by atoms with van der Waals surface area (Å²) in [6.45, 7) is 0.184. The van der Waals surface area contributed by atoms with Crippen LogP contribution in [0.15, 0.2) is 56.7 Å². The summed E-state index contributed by atoms with van der Waals surface area (Å²) in [6, 6.07) is 10.5. The lowest BCUT2D eigenvalue weighted by Gasteiger charge is -2.07. The molecule has 3 nitrogen and oxygen atoms in total. The van der Waals surface area contributed by atoms with Gasteiger partial charge in [0.1, 0.15) is 18.1 Å². The van der Waals surface area contributed by atoms with Gasteiger partial charge in [-0.2, -0.15) is 0 Å². The van der Waals surface area contributed by atoms with Crippen molar-refractivity contribution in [3.05, 3.63) is 78.8 Å². The largest absolute Gasteiger partial charge is 0.483 e. The number of hydrogen-bond acceptors (Lipinski definition) is 4. The van der Waals surface area contributed by atoms with E-state index in [4.69, 9.17) is 32.4 Å². The summed E-state index contributed by atoms with van der Waals surface area (Å²) >= 11 is 16.8. The summed E-state index contributed by atoms with van der Waals surface area (Å²) in [5.74, 6) is 1.50. The Balaban J connectivity index is 1.62. The van der Waals surface area contributed by atoms with Crippen molar-refractivity contribution < 1.29 is 13.9 Å². The van der Waals surface area contributed by atoms with Crippen LogP contribution in [0.1, 0.15) is 21.2 Å². The van der Waals surface area contributed by atoms with E-state index in [9.17, 15) is 4.79 Å². The molecule has 2 heterocycles. The first-order chi connectivity index (χ1) is 12.0. The summed E-state index contributed by atoms with van der Waals surface area (Å²) in [5, 5.41) is 2.74.